The van der Waals surface area contributed by atoms with Gasteiger partial charge in [0.25, 0.3) is 0 Å². The van der Waals surface area contributed by atoms with E-state index in [0.717, 1.165) is 26.2 Å². The first-order valence-electron chi connectivity index (χ1n) is 6.78. The van der Waals surface area contributed by atoms with Crippen LogP contribution in [0.15, 0.2) is 30.3 Å². The van der Waals surface area contributed by atoms with Crippen molar-refractivity contribution in [2.45, 2.75) is 25.3 Å². The molecule has 0 spiro atoms. The van der Waals surface area contributed by atoms with Gasteiger partial charge in [-0.2, -0.15) is 0 Å². The summed E-state index contributed by atoms with van der Waals surface area (Å²) < 4.78 is 17.0. The lowest BCUT2D eigenvalue weighted by Gasteiger charge is -2.19. The fourth-order valence-corrected chi connectivity index (χ4v) is 2.45. The molecular weight excluding hydrogens is 227 g/mol. The van der Waals surface area contributed by atoms with E-state index in [2.05, 4.69) is 12.1 Å². The standard InChI is InChI=1S/C14H19BO3/c1-2-5-12(6-3-1)10-16-11-13-9-14(13)15-17-7-4-8-18-15/h1-3,5-6,13-14H,4,7-11H2/t13-,14+/m0/s1. The summed E-state index contributed by atoms with van der Waals surface area (Å²) >= 11 is 0. The maximum atomic E-state index is 5.75. The summed E-state index contributed by atoms with van der Waals surface area (Å²) in [6.45, 7) is 3.22. The van der Waals surface area contributed by atoms with Gasteiger partial charge in [-0.1, -0.05) is 30.3 Å². The number of rotatable bonds is 5. The molecule has 1 saturated carbocycles. The quantitative estimate of drug-likeness (QED) is 0.747. The van der Waals surface area contributed by atoms with Crippen molar-refractivity contribution in [2.24, 2.45) is 5.92 Å². The highest BCUT2D eigenvalue weighted by atomic mass is 16.6. The smallest absolute Gasteiger partial charge is 0.411 e. The van der Waals surface area contributed by atoms with Crippen LogP contribution in [0.25, 0.3) is 0 Å². The number of hydrogen-bond acceptors (Lipinski definition) is 3. The number of ether oxygens (including phenoxy) is 1. The third-order valence-electron chi connectivity index (χ3n) is 3.62. The predicted molar refractivity (Wildman–Crippen MR) is 70.2 cm³/mol. The SMILES string of the molecule is c1ccc(COC[C@@H]2C[C@H]2B2OCCCO2)cc1. The number of hydrogen-bond donors (Lipinski definition) is 0. The minimum absolute atomic E-state index is 0.0316. The molecule has 2 atom stereocenters. The Morgan fingerprint density at radius 2 is 1.94 bits per heavy atom. The van der Waals surface area contributed by atoms with Gasteiger partial charge >= 0.3 is 7.12 Å². The molecule has 0 N–H and O–H groups in total. The van der Waals surface area contributed by atoms with E-state index in [4.69, 9.17) is 14.0 Å². The normalized spacial score (nSPS) is 27.2. The van der Waals surface area contributed by atoms with E-state index >= 15 is 0 Å². The van der Waals surface area contributed by atoms with Gasteiger partial charge in [0.05, 0.1) is 6.61 Å². The Bertz CT molecular complexity index is 365. The van der Waals surface area contributed by atoms with Crippen LogP contribution in [0.3, 0.4) is 0 Å². The van der Waals surface area contributed by atoms with Gasteiger partial charge in [0, 0.05) is 19.8 Å². The Balaban J connectivity index is 1.36. The van der Waals surface area contributed by atoms with Crippen LogP contribution in [-0.2, 0) is 20.7 Å². The molecule has 0 aromatic heterocycles. The topological polar surface area (TPSA) is 27.7 Å². The zero-order valence-electron chi connectivity index (χ0n) is 10.6. The molecule has 1 saturated heterocycles. The predicted octanol–water partition coefficient (Wildman–Crippen LogP) is 2.52. The molecule has 0 unspecified atom stereocenters. The summed E-state index contributed by atoms with van der Waals surface area (Å²) in [5.74, 6) is 1.18. The third kappa shape index (κ3) is 3.13. The second kappa shape index (κ2) is 5.87. The summed E-state index contributed by atoms with van der Waals surface area (Å²) in [5, 5.41) is 0. The molecule has 1 aliphatic carbocycles. The molecule has 96 valence electrons. The van der Waals surface area contributed by atoms with Gasteiger partial charge in [-0.15, -0.1) is 0 Å². The minimum Gasteiger partial charge on any atom is -0.411 e. The molecule has 1 aromatic rings. The van der Waals surface area contributed by atoms with Gasteiger partial charge < -0.3 is 14.0 Å². The van der Waals surface area contributed by atoms with Crippen molar-refractivity contribution >= 4 is 7.12 Å². The second-order valence-electron chi connectivity index (χ2n) is 5.12. The van der Waals surface area contributed by atoms with Gasteiger partial charge in [0.1, 0.15) is 0 Å². The molecule has 0 bridgehead atoms. The molecule has 3 nitrogen and oxygen atoms in total. The first-order valence-corrected chi connectivity index (χ1v) is 6.78. The maximum Gasteiger partial charge on any atom is 0.460 e. The van der Waals surface area contributed by atoms with Crippen LogP contribution >= 0.6 is 0 Å². The Hall–Kier alpha value is -0.835. The van der Waals surface area contributed by atoms with Crippen LogP contribution in [0.2, 0.25) is 5.82 Å². The molecule has 3 rings (SSSR count). The molecule has 1 aromatic carbocycles. The van der Waals surface area contributed by atoms with E-state index < -0.39 is 0 Å². The van der Waals surface area contributed by atoms with Crippen LogP contribution in [0.1, 0.15) is 18.4 Å². The van der Waals surface area contributed by atoms with Gasteiger partial charge in [0.2, 0.25) is 0 Å². The van der Waals surface area contributed by atoms with Crippen molar-refractivity contribution in [1.29, 1.82) is 0 Å². The van der Waals surface area contributed by atoms with Crippen LogP contribution in [0.4, 0.5) is 0 Å². The first kappa shape index (κ1) is 12.2. The van der Waals surface area contributed by atoms with Gasteiger partial charge in [-0.3, -0.25) is 0 Å². The first-order chi connectivity index (χ1) is 8.93. The van der Waals surface area contributed by atoms with Crippen LogP contribution in [-0.4, -0.2) is 26.9 Å². The second-order valence-corrected chi connectivity index (χ2v) is 5.12. The summed E-state index contributed by atoms with van der Waals surface area (Å²) in [5.41, 5.74) is 1.24. The summed E-state index contributed by atoms with van der Waals surface area (Å²) in [7, 11) is 0.0316. The minimum atomic E-state index is 0.0316. The zero-order chi connectivity index (χ0) is 12.2. The van der Waals surface area contributed by atoms with Crippen molar-refractivity contribution < 1.29 is 14.0 Å². The Morgan fingerprint density at radius 1 is 1.17 bits per heavy atom. The average Bonchev–Trinajstić information content (AvgIpc) is 3.21. The van der Waals surface area contributed by atoms with Gasteiger partial charge in [-0.25, -0.2) is 0 Å². The van der Waals surface area contributed by atoms with Crippen LogP contribution in [0, 0.1) is 5.92 Å². The Morgan fingerprint density at radius 3 is 2.72 bits per heavy atom. The van der Waals surface area contributed by atoms with E-state index in [1.54, 1.807) is 0 Å². The van der Waals surface area contributed by atoms with Crippen LogP contribution in [0.5, 0.6) is 0 Å². The molecule has 1 heterocycles. The Labute approximate surface area is 109 Å². The highest BCUT2D eigenvalue weighted by Gasteiger charge is 2.49. The van der Waals surface area contributed by atoms with Crippen molar-refractivity contribution in [3.63, 3.8) is 0 Å². The van der Waals surface area contributed by atoms with E-state index in [0.29, 0.717) is 18.3 Å². The van der Waals surface area contributed by atoms with E-state index in [-0.39, 0.29) is 7.12 Å². The number of benzene rings is 1. The molecule has 1 aliphatic heterocycles. The van der Waals surface area contributed by atoms with Crippen molar-refractivity contribution in [3.8, 4) is 0 Å². The Kier molecular flexibility index (Phi) is 3.98. The van der Waals surface area contributed by atoms with Gasteiger partial charge in [-0.05, 0) is 30.1 Å². The molecular formula is C14H19BO3. The van der Waals surface area contributed by atoms with E-state index in [1.807, 2.05) is 18.2 Å². The molecule has 18 heavy (non-hydrogen) atoms. The summed E-state index contributed by atoms with van der Waals surface area (Å²) in [6, 6.07) is 10.3. The van der Waals surface area contributed by atoms with E-state index in [1.165, 1.54) is 12.0 Å². The largest absolute Gasteiger partial charge is 0.460 e. The zero-order valence-corrected chi connectivity index (χ0v) is 10.6. The highest BCUT2D eigenvalue weighted by molar-refractivity contribution is 6.47. The monoisotopic (exact) mass is 246 g/mol. The lowest BCUT2D eigenvalue weighted by Crippen LogP contribution is -2.30. The van der Waals surface area contributed by atoms with E-state index in [9.17, 15) is 0 Å². The maximum absolute atomic E-state index is 5.75. The lowest BCUT2D eigenvalue weighted by atomic mass is 9.79. The van der Waals surface area contributed by atoms with Crippen molar-refractivity contribution in [3.05, 3.63) is 35.9 Å². The highest BCUT2D eigenvalue weighted by Crippen LogP contribution is 2.48. The summed E-state index contributed by atoms with van der Waals surface area (Å²) in [4.78, 5) is 0. The van der Waals surface area contributed by atoms with Crippen molar-refractivity contribution in [2.75, 3.05) is 19.8 Å². The molecule has 0 amide bonds. The third-order valence-corrected chi connectivity index (χ3v) is 3.62. The van der Waals surface area contributed by atoms with Crippen molar-refractivity contribution in [1.82, 2.24) is 0 Å². The fraction of sp³-hybridized carbons (Fsp3) is 0.571. The van der Waals surface area contributed by atoms with Gasteiger partial charge in [0.15, 0.2) is 0 Å². The summed E-state index contributed by atoms with van der Waals surface area (Å²) in [6.07, 6.45) is 2.21. The van der Waals surface area contributed by atoms with Crippen LogP contribution < -0.4 is 0 Å². The fourth-order valence-electron chi connectivity index (χ4n) is 2.45. The molecule has 0 radical (unpaired) electrons. The molecule has 2 aliphatic rings. The average molecular weight is 246 g/mol. The lowest BCUT2D eigenvalue weighted by molar-refractivity contribution is 0.105. The molecule has 4 heteroatoms. The molecule has 2 fully saturated rings.